The van der Waals surface area contributed by atoms with Crippen LogP contribution in [0.15, 0.2) is 82.3 Å². The molecule has 0 saturated carbocycles. The molecule has 178 valence electrons. The number of ether oxygens (including phenoxy) is 2. The number of aromatic nitrogens is 1. The zero-order chi connectivity index (χ0) is 24.8. The highest BCUT2D eigenvalue weighted by Gasteiger charge is 2.11. The Hall–Kier alpha value is -4.59. The summed E-state index contributed by atoms with van der Waals surface area (Å²) in [6, 6.07) is 22.0. The van der Waals surface area contributed by atoms with Crippen molar-refractivity contribution in [1.82, 2.24) is 9.99 Å². The maximum atomic E-state index is 12.3. The van der Waals surface area contributed by atoms with Crippen molar-refractivity contribution in [2.45, 2.75) is 27.4 Å². The summed E-state index contributed by atoms with van der Waals surface area (Å²) in [5.41, 5.74) is 6.33. The van der Waals surface area contributed by atoms with E-state index in [1.54, 1.807) is 36.4 Å². The number of hydrogen-bond donors (Lipinski definition) is 1. The number of nitrogens with zero attached hydrogens (tertiary/aromatic N) is 2. The number of hydrazone groups is 1. The fraction of sp³-hybridized carbons (Fsp3) is 0.148. The van der Waals surface area contributed by atoms with E-state index in [2.05, 4.69) is 41.1 Å². The summed E-state index contributed by atoms with van der Waals surface area (Å²) in [6.45, 7) is 5.62. The predicted octanol–water partition coefficient (Wildman–Crippen LogP) is 4.96. The number of amides is 1. The minimum atomic E-state index is -0.515. The van der Waals surface area contributed by atoms with E-state index in [-0.39, 0.29) is 12.4 Å². The Morgan fingerprint density at radius 2 is 1.69 bits per heavy atom. The lowest BCUT2D eigenvalue weighted by Crippen LogP contribution is -2.17. The third kappa shape index (κ3) is 5.86. The van der Waals surface area contributed by atoms with Crippen molar-refractivity contribution >= 4 is 18.1 Å². The molecule has 2 heterocycles. The van der Waals surface area contributed by atoms with Gasteiger partial charge in [-0.1, -0.05) is 12.1 Å². The fourth-order valence-corrected chi connectivity index (χ4v) is 3.55. The van der Waals surface area contributed by atoms with Crippen molar-refractivity contribution in [2.24, 2.45) is 5.10 Å². The molecule has 1 N–H and O–H groups in total. The average molecular weight is 472 g/mol. The minimum absolute atomic E-state index is 0.0999. The number of carbonyl (C=O) groups is 2. The summed E-state index contributed by atoms with van der Waals surface area (Å²) >= 11 is 0. The number of benzene rings is 2. The van der Waals surface area contributed by atoms with Crippen LogP contribution >= 0.6 is 0 Å². The van der Waals surface area contributed by atoms with Crippen molar-refractivity contribution in [3.63, 3.8) is 0 Å². The van der Waals surface area contributed by atoms with Gasteiger partial charge in [0.2, 0.25) is 0 Å². The van der Waals surface area contributed by atoms with Crippen LogP contribution in [0.1, 0.15) is 40.2 Å². The maximum absolute atomic E-state index is 12.3. The molecule has 8 nitrogen and oxygen atoms in total. The fourth-order valence-electron chi connectivity index (χ4n) is 3.55. The van der Waals surface area contributed by atoms with Crippen LogP contribution in [0.25, 0.3) is 5.69 Å². The van der Waals surface area contributed by atoms with Crippen molar-refractivity contribution < 1.29 is 23.5 Å². The summed E-state index contributed by atoms with van der Waals surface area (Å²) in [4.78, 5) is 23.5. The Bertz CT molecular complexity index is 1350. The standard InChI is InChI=1S/C27H25N3O5/c1-18-8-9-19(2)30(18)22-10-12-23(13-11-22)33-17-24-14-15-26(35-24)27(32)29-28-16-21-6-4-5-7-25(21)34-20(3)31/h4-16H,17H2,1-3H3,(H,29,32)/b28-16+. The molecule has 35 heavy (non-hydrogen) atoms. The van der Waals surface area contributed by atoms with Gasteiger partial charge in [0.05, 0.1) is 6.21 Å². The van der Waals surface area contributed by atoms with E-state index >= 15 is 0 Å². The monoisotopic (exact) mass is 471 g/mol. The van der Waals surface area contributed by atoms with E-state index in [0.29, 0.717) is 22.8 Å². The molecule has 0 aliphatic heterocycles. The lowest BCUT2D eigenvalue weighted by molar-refractivity contribution is -0.131. The maximum Gasteiger partial charge on any atom is 0.308 e. The summed E-state index contributed by atoms with van der Waals surface area (Å²) in [6.07, 6.45) is 1.39. The van der Waals surface area contributed by atoms with Gasteiger partial charge in [0.1, 0.15) is 23.9 Å². The largest absolute Gasteiger partial charge is 0.486 e. The molecular formula is C27H25N3O5. The molecule has 0 unspecified atom stereocenters. The van der Waals surface area contributed by atoms with Crippen LogP contribution in [0, 0.1) is 13.8 Å². The van der Waals surface area contributed by atoms with Gasteiger partial charge in [-0.05, 0) is 74.5 Å². The van der Waals surface area contributed by atoms with Gasteiger partial charge in [0.25, 0.3) is 0 Å². The van der Waals surface area contributed by atoms with Crippen LogP contribution in [0.3, 0.4) is 0 Å². The molecular weight excluding hydrogens is 446 g/mol. The van der Waals surface area contributed by atoms with E-state index < -0.39 is 11.9 Å². The van der Waals surface area contributed by atoms with E-state index in [0.717, 1.165) is 17.1 Å². The van der Waals surface area contributed by atoms with Crippen LogP contribution in [0.2, 0.25) is 0 Å². The van der Waals surface area contributed by atoms with Gasteiger partial charge < -0.3 is 18.5 Å². The van der Waals surface area contributed by atoms with E-state index in [1.165, 1.54) is 13.1 Å². The first-order chi connectivity index (χ1) is 16.9. The zero-order valence-electron chi connectivity index (χ0n) is 19.6. The lowest BCUT2D eigenvalue weighted by atomic mass is 10.2. The number of furan rings is 1. The highest BCUT2D eigenvalue weighted by atomic mass is 16.5. The van der Waals surface area contributed by atoms with Crippen molar-refractivity contribution in [3.05, 3.63) is 101 Å². The Balaban J connectivity index is 1.32. The molecule has 2 aromatic heterocycles. The van der Waals surface area contributed by atoms with Crippen molar-refractivity contribution in [3.8, 4) is 17.2 Å². The van der Waals surface area contributed by atoms with Crippen LogP contribution in [0.5, 0.6) is 11.5 Å². The first-order valence-electron chi connectivity index (χ1n) is 11.0. The van der Waals surface area contributed by atoms with Gasteiger partial charge in [0, 0.05) is 29.6 Å². The van der Waals surface area contributed by atoms with Gasteiger partial charge in [-0.3, -0.25) is 9.59 Å². The zero-order valence-corrected chi connectivity index (χ0v) is 19.6. The quantitative estimate of drug-likeness (QED) is 0.170. The Kier molecular flexibility index (Phi) is 7.11. The van der Waals surface area contributed by atoms with Gasteiger partial charge in [-0.25, -0.2) is 5.43 Å². The molecule has 2 aromatic carbocycles. The Morgan fingerprint density at radius 1 is 0.971 bits per heavy atom. The van der Waals surface area contributed by atoms with E-state index in [1.807, 2.05) is 24.3 Å². The summed E-state index contributed by atoms with van der Waals surface area (Å²) in [5.74, 6) is 0.682. The smallest absolute Gasteiger partial charge is 0.308 e. The number of nitrogens with one attached hydrogen (secondary N) is 1. The molecule has 0 spiro atoms. The summed E-state index contributed by atoms with van der Waals surface area (Å²) in [7, 11) is 0. The first-order valence-corrected chi connectivity index (χ1v) is 11.0. The molecule has 4 aromatic rings. The van der Waals surface area contributed by atoms with Gasteiger partial charge in [-0.2, -0.15) is 5.10 Å². The summed E-state index contributed by atoms with van der Waals surface area (Å²) < 4.78 is 18.7. The molecule has 0 radical (unpaired) electrons. The Labute approximate surface area is 202 Å². The van der Waals surface area contributed by atoms with Crippen LogP contribution < -0.4 is 14.9 Å². The lowest BCUT2D eigenvalue weighted by Gasteiger charge is -2.10. The predicted molar refractivity (Wildman–Crippen MR) is 131 cm³/mol. The number of aryl methyl sites for hydroxylation is 2. The molecule has 1 amide bonds. The number of carbonyl (C=O) groups excluding carboxylic acids is 2. The topological polar surface area (TPSA) is 95.1 Å². The SMILES string of the molecule is CC(=O)Oc1ccccc1/C=N/NC(=O)c1ccc(COc2ccc(-n3c(C)ccc3C)cc2)o1. The van der Waals surface area contributed by atoms with E-state index in [9.17, 15) is 9.59 Å². The normalized spacial score (nSPS) is 10.9. The van der Waals surface area contributed by atoms with Gasteiger partial charge in [-0.15, -0.1) is 0 Å². The molecule has 0 saturated heterocycles. The Morgan fingerprint density at radius 3 is 2.40 bits per heavy atom. The van der Waals surface area contributed by atoms with E-state index in [4.69, 9.17) is 13.9 Å². The second kappa shape index (κ2) is 10.6. The molecule has 8 heteroatoms. The first kappa shape index (κ1) is 23.6. The highest BCUT2D eigenvalue weighted by Crippen LogP contribution is 2.21. The number of hydrogen-bond acceptors (Lipinski definition) is 6. The van der Waals surface area contributed by atoms with Gasteiger partial charge >= 0.3 is 11.9 Å². The third-order valence-corrected chi connectivity index (χ3v) is 5.18. The van der Waals surface area contributed by atoms with Crippen LogP contribution in [-0.4, -0.2) is 22.7 Å². The highest BCUT2D eigenvalue weighted by molar-refractivity contribution is 5.93. The summed E-state index contributed by atoms with van der Waals surface area (Å²) in [5, 5.41) is 3.92. The molecule has 0 fully saturated rings. The minimum Gasteiger partial charge on any atom is -0.486 e. The second-order valence-corrected chi connectivity index (χ2v) is 7.83. The molecule has 0 atom stereocenters. The number of para-hydroxylation sites is 1. The number of esters is 1. The third-order valence-electron chi connectivity index (χ3n) is 5.18. The van der Waals surface area contributed by atoms with Crippen LogP contribution in [-0.2, 0) is 11.4 Å². The molecule has 4 rings (SSSR count). The number of rotatable bonds is 8. The molecule has 0 bridgehead atoms. The van der Waals surface area contributed by atoms with Crippen molar-refractivity contribution in [2.75, 3.05) is 0 Å². The molecule has 0 aliphatic rings. The van der Waals surface area contributed by atoms with Gasteiger partial charge in [0.15, 0.2) is 5.76 Å². The second-order valence-electron chi connectivity index (χ2n) is 7.83. The van der Waals surface area contributed by atoms with Crippen LogP contribution in [0.4, 0.5) is 0 Å². The van der Waals surface area contributed by atoms with Crippen molar-refractivity contribution in [1.29, 1.82) is 0 Å². The molecule has 0 aliphatic carbocycles. The average Bonchev–Trinajstić information content (AvgIpc) is 3.45.